The summed E-state index contributed by atoms with van der Waals surface area (Å²) in [6.07, 6.45) is 0. The van der Waals surface area contributed by atoms with Crippen molar-refractivity contribution in [2.24, 2.45) is 10.8 Å². The van der Waals surface area contributed by atoms with Gasteiger partial charge >= 0.3 is 0 Å². The Morgan fingerprint density at radius 1 is 0.957 bits per heavy atom. The van der Waals surface area contributed by atoms with Crippen LogP contribution in [0, 0.1) is 17.8 Å². The van der Waals surface area contributed by atoms with E-state index >= 15 is 0 Å². The molecule has 0 amide bonds. The molecule has 0 heterocycles. The first kappa shape index (κ1) is 20.1. The van der Waals surface area contributed by atoms with Gasteiger partial charge in [0.1, 0.15) is 0 Å². The lowest BCUT2D eigenvalue weighted by molar-refractivity contribution is -0.0167. The second-order valence-electron chi connectivity index (χ2n) is 7.51. The van der Waals surface area contributed by atoms with Crippen molar-refractivity contribution >= 4 is 10.1 Å². The molecule has 132 valence electrons. The zero-order chi connectivity index (χ0) is 17.7. The molecule has 0 atom stereocenters. The second-order valence-corrected chi connectivity index (χ2v) is 9.12. The summed E-state index contributed by atoms with van der Waals surface area (Å²) in [5.74, 6) is 0. The van der Waals surface area contributed by atoms with E-state index in [4.69, 9.17) is 8.92 Å². The van der Waals surface area contributed by atoms with E-state index in [0.29, 0.717) is 13.2 Å². The predicted octanol–water partition coefficient (Wildman–Crippen LogP) is 2.76. The van der Waals surface area contributed by atoms with Crippen LogP contribution in [0.3, 0.4) is 0 Å². The molecule has 0 bridgehead atoms. The molecular weight excluding hydrogens is 316 g/mol. The van der Waals surface area contributed by atoms with E-state index in [-0.39, 0.29) is 23.5 Å². The number of hydrogen-bond donors (Lipinski definition) is 1. The molecule has 0 aliphatic rings. The smallest absolute Gasteiger partial charge is 0.296 e. The van der Waals surface area contributed by atoms with Crippen LogP contribution < -0.4 is 0 Å². The van der Waals surface area contributed by atoms with E-state index in [0.717, 1.165) is 5.56 Å². The number of ether oxygens (including phenoxy) is 1. The van der Waals surface area contributed by atoms with Gasteiger partial charge in [0.2, 0.25) is 0 Å². The maximum atomic E-state index is 12.2. The van der Waals surface area contributed by atoms with Gasteiger partial charge in [-0.1, -0.05) is 45.4 Å². The molecule has 0 aliphatic heterocycles. The highest BCUT2D eigenvalue weighted by Crippen LogP contribution is 2.22. The minimum Gasteiger partial charge on any atom is -0.396 e. The van der Waals surface area contributed by atoms with E-state index in [2.05, 4.69) is 0 Å². The van der Waals surface area contributed by atoms with Gasteiger partial charge in [-0.05, 0) is 19.1 Å². The summed E-state index contributed by atoms with van der Waals surface area (Å²) < 4.78 is 35.1. The molecule has 1 rings (SSSR count). The van der Waals surface area contributed by atoms with Crippen molar-refractivity contribution < 1.29 is 22.4 Å². The first-order valence-electron chi connectivity index (χ1n) is 7.62. The average Bonchev–Trinajstić information content (AvgIpc) is 2.45. The Balaban J connectivity index is 2.56. The number of rotatable bonds is 9. The molecule has 0 radical (unpaired) electrons. The van der Waals surface area contributed by atoms with Gasteiger partial charge in [-0.25, -0.2) is 0 Å². The Kier molecular flexibility index (Phi) is 6.77. The Bertz CT molecular complexity index is 588. The van der Waals surface area contributed by atoms with Crippen LogP contribution in [0.4, 0.5) is 0 Å². The van der Waals surface area contributed by atoms with Crippen LogP contribution in [-0.2, 0) is 19.0 Å². The van der Waals surface area contributed by atoms with Crippen LogP contribution >= 0.6 is 0 Å². The van der Waals surface area contributed by atoms with Crippen molar-refractivity contribution in [1.29, 1.82) is 0 Å². The van der Waals surface area contributed by atoms with Crippen LogP contribution in [-0.4, -0.2) is 40.0 Å². The summed E-state index contributed by atoms with van der Waals surface area (Å²) in [6.45, 7) is 10.3. The first-order valence-corrected chi connectivity index (χ1v) is 9.03. The van der Waals surface area contributed by atoms with Gasteiger partial charge in [-0.2, -0.15) is 8.42 Å². The molecule has 0 aromatic heterocycles. The van der Waals surface area contributed by atoms with E-state index in [1.54, 1.807) is 12.1 Å². The lowest BCUT2D eigenvalue weighted by Gasteiger charge is -2.27. The van der Waals surface area contributed by atoms with Gasteiger partial charge in [0.15, 0.2) is 0 Å². The normalized spacial score (nSPS) is 13.3. The summed E-state index contributed by atoms with van der Waals surface area (Å²) >= 11 is 0. The molecule has 5 nitrogen and oxygen atoms in total. The van der Waals surface area contributed by atoms with Crippen LogP contribution in [0.25, 0.3) is 0 Å². The van der Waals surface area contributed by atoms with Gasteiger partial charge in [-0.3, -0.25) is 4.18 Å². The summed E-state index contributed by atoms with van der Waals surface area (Å²) in [7, 11) is -3.76. The Labute approximate surface area is 139 Å². The van der Waals surface area contributed by atoms with Crippen molar-refractivity contribution in [2.45, 2.75) is 39.5 Å². The van der Waals surface area contributed by atoms with Crippen LogP contribution in [0.2, 0.25) is 0 Å². The van der Waals surface area contributed by atoms with Crippen molar-refractivity contribution in [2.75, 3.05) is 26.4 Å². The lowest BCUT2D eigenvalue weighted by Crippen LogP contribution is -2.31. The molecule has 0 aliphatic carbocycles. The SMILES string of the molecule is Cc1ccc(S(=O)(=O)OCC(C)(C)COCC(C)(C)CO)cc1. The maximum Gasteiger partial charge on any atom is 0.296 e. The Morgan fingerprint density at radius 3 is 2.00 bits per heavy atom. The Morgan fingerprint density at radius 2 is 1.48 bits per heavy atom. The molecule has 1 N–H and O–H groups in total. The number of aryl methyl sites for hydroxylation is 1. The zero-order valence-corrected chi connectivity index (χ0v) is 15.4. The highest BCUT2D eigenvalue weighted by atomic mass is 32.2. The number of benzene rings is 1. The molecular formula is C17H28O5S. The van der Waals surface area contributed by atoms with Crippen LogP contribution in [0.1, 0.15) is 33.3 Å². The lowest BCUT2D eigenvalue weighted by atomic mass is 9.94. The molecule has 0 unspecified atom stereocenters. The molecule has 0 fully saturated rings. The van der Waals surface area contributed by atoms with Crippen molar-refractivity contribution in [3.05, 3.63) is 29.8 Å². The summed E-state index contributed by atoms with van der Waals surface area (Å²) in [6, 6.07) is 6.55. The monoisotopic (exact) mass is 344 g/mol. The molecule has 0 spiro atoms. The largest absolute Gasteiger partial charge is 0.396 e. The summed E-state index contributed by atoms with van der Waals surface area (Å²) in [5, 5.41) is 9.20. The van der Waals surface area contributed by atoms with Gasteiger partial charge in [0, 0.05) is 10.8 Å². The van der Waals surface area contributed by atoms with Crippen molar-refractivity contribution in [3.63, 3.8) is 0 Å². The topological polar surface area (TPSA) is 72.8 Å². The molecule has 23 heavy (non-hydrogen) atoms. The fourth-order valence-electron chi connectivity index (χ4n) is 1.70. The minimum atomic E-state index is -3.76. The third kappa shape index (κ3) is 6.99. The average molecular weight is 344 g/mol. The van der Waals surface area contributed by atoms with E-state index in [1.165, 1.54) is 12.1 Å². The zero-order valence-electron chi connectivity index (χ0n) is 14.6. The number of aliphatic hydroxyl groups is 1. The van der Waals surface area contributed by atoms with Crippen LogP contribution in [0.15, 0.2) is 29.2 Å². The van der Waals surface area contributed by atoms with Gasteiger partial charge in [0.25, 0.3) is 10.1 Å². The van der Waals surface area contributed by atoms with E-state index in [1.807, 2.05) is 34.6 Å². The number of aliphatic hydroxyl groups excluding tert-OH is 1. The van der Waals surface area contributed by atoms with E-state index < -0.39 is 15.5 Å². The highest BCUT2D eigenvalue weighted by molar-refractivity contribution is 7.86. The fraction of sp³-hybridized carbons (Fsp3) is 0.647. The standard InChI is InChI=1S/C17H28O5S/c1-14-6-8-15(9-7-14)23(19,20)22-13-17(4,5)12-21-11-16(2,3)10-18/h6-9,18H,10-13H2,1-5H3. The second kappa shape index (κ2) is 7.75. The highest BCUT2D eigenvalue weighted by Gasteiger charge is 2.25. The summed E-state index contributed by atoms with van der Waals surface area (Å²) in [4.78, 5) is 0.154. The van der Waals surface area contributed by atoms with Gasteiger partial charge < -0.3 is 9.84 Å². The Hall–Kier alpha value is -0.950. The van der Waals surface area contributed by atoms with Gasteiger partial charge in [-0.15, -0.1) is 0 Å². The molecule has 0 saturated carbocycles. The molecule has 6 heteroatoms. The first-order chi connectivity index (χ1) is 10.5. The van der Waals surface area contributed by atoms with Crippen molar-refractivity contribution in [1.82, 2.24) is 0 Å². The van der Waals surface area contributed by atoms with Crippen molar-refractivity contribution in [3.8, 4) is 0 Å². The third-order valence-electron chi connectivity index (χ3n) is 3.33. The molecule has 0 saturated heterocycles. The fourth-order valence-corrected chi connectivity index (χ4v) is 2.78. The quantitative estimate of drug-likeness (QED) is 0.697. The van der Waals surface area contributed by atoms with Gasteiger partial charge in [0.05, 0.1) is 31.3 Å². The maximum absolute atomic E-state index is 12.2. The third-order valence-corrected chi connectivity index (χ3v) is 4.61. The van der Waals surface area contributed by atoms with Crippen LogP contribution in [0.5, 0.6) is 0 Å². The molecule has 1 aromatic rings. The predicted molar refractivity (Wildman–Crippen MR) is 89.8 cm³/mol. The molecule has 1 aromatic carbocycles. The minimum absolute atomic E-state index is 0.0305. The number of hydrogen-bond acceptors (Lipinski definition) is 5. The summed E-state index contributed by atoms with van der Waals surface area (Å²) in [5.41, 5.74) is 0.220. The van der Waals surface area contributed by atoms with E-state index in [9.17, 15) is 13.5 Å².